The molecule has 3 rings (SSSR count). The van der Waals surface area contributed by atoms with E-state index in [1.807, 2.05) is 39.0 Å². The summed E-state index contributed by atoms with van der Waals surface area (Å²) in [5.74, 6) is 0.986. The number of amides is 2. The first-order valence-electron chi connectivity index (χ1n) is 8.86. The maximum absolute atomic E-state index is 12.8. The molecule has 28 heavy (non-hydrogen) atoms. The van der Waals surface area contributed by atoms with E-state index in [-0.39, 0.29) is 17.3 Å². The summed E-state index contributed by atoms with van der Waals surface area (Å²) in [6.07, 6.45) is 1.73. The molecule has 1 fully saturated rings. The Bertz CT molecular complexity index is 928. The predicted octanol–water partition coefficient (Wildman–Crippen LogP) is 5.72. The summed E-state index contributed by atoms with van der Waals surface area (Å²) in [5.41, 5.74) is 1.35. The Kier molecular flexibility index (Phi) is 6.66. The Hall–Kier alpha value is -2.00. The molecule has 7 heteroatoms. The third-order valence-corrected chi connectivity index (χ3v) is 5.46. The van der Waals surface area contributed by atoms with Gasteiger partial charge in [-0.15, -0.1) is 0 Å². The van der Waals surface area contributed by atoms with Crippen LogP contribution in [0.1, 0.15) is 26.3 Å². The molecule has 146 valence electrons. The Labute approximate surface area is 182 Å². The number of benzene rings is 2. The second-order valence-electron chi connectivity index (χ2n) is 6.28. The molecule has 5 nitrogen and oxygen atoms in total. The lowest BCUT2D eigenvalue weighted by molar-refractivity contribution is -0.113. The SMILES string of the molecule is CCOc1cc(/C=C2/SC(=O)N(c3ccccc3)C2=O)cc(I)c1OC(C)C. The van der Waals surface area contributed by atoms with E-state index in [4.69, 9.17) is 9.47 Å². The average Bonchev–Trinajstić information content (AvgIpc) is 2.92. The summed E-state index contributed by atoms with van der Waals surface area (Å²) in [4.78, 5) is 26.7. The molecule has 0 atom stereocenters. The fourth-order valence-electron chi connectivity index (χ4n) is 2.70. The normalized spacial score (nSPS) is 15.6. The van der Waals surface area contributed by atoms with Crippen molar-refractivity contribution in [3.63, 3.8) is 0 Å². The molecule has 1 aliphatic rings. The molecular formula is C21H20INO4S. The van der Waals surface area contributed by atoms with Gasteiger partial charge in [0.05, 0.1) is 26.9 Å². The first-order chi connectivity index (χ1) is 13.4. The molecule has 0 spiro atoms. The molecule has 0 aliphatic carbocycles. The summed E-state index contributed by atoms with van der Waals surface area (Å²) in [7, 11) is 0. The zero-order valence-corrected chi connectivity index (χ0v) is 18.7. The van der Waals surface area contributed by atoms with Gasteiger partial charge in [-0.25, -0.2) is 4.90 Å². The molecule has 0 saturated carbocycles. The molecule has 0 unspecified atom stereocenters. The second-order valence-corrected chi connectivity index (χ2v) is 8.44. The van der Waals surface area contributed by atoms with E-state index < -0.39 is 0 Å². The number of halogens is 1. The zero-order valence-electron chi connectivity index (χ0n) is 15.8. The molecule has 0 aromatic heterocycles. The zero-order chi connectivity index (χ0) is 20.3. The van der Waals surface area contributed by atoms with Gasteiger partial charge in [-0.1, -0.05) is 18.2 Å². The van der Waals surface area contributed by atoms with Crippen LogP contribution in [0.15, 0.2) is 47.4 Å². The van der Waals surface area contributed by atoms with Crippen LogP contribution in [0.2, 0.25) is 0 Å². The maximum atomic E-state index is 12.8. The van der Waals surface area contributed by atoms with Gasteiger partial charge in [-0.05, 0) is 91.0 Å². The van der Waals surface area contributed by atoms with E-state index >= 15 is 0 Å². The van der Waals surface area contributed by atoms with E-state index in [9.17, 15) is 9.59 Å². The minimum absolute atomic E-state index is 0.0148. The minimum atomic E-state index is -0.323. The smallest absolute Gasteiger partial charge is 0.298 e. The molecule has 0 N–H and O–H groups in total. The number of ether oxygens (including phenoxy) is 2. The number of carbonyl (C=O) groups excluding carboxylic acids is 2. The first-order valence-corrected chi connectivity index (χ1v) is 10.8. The molecule has 2 amide bonds. The van der Waals surface area contributed by atoms with Crippen LogP contribution in [0.5, 0.6) is 11.5 Å². The standard InChI is InChI=1S/C21H20INO4S/c1-4-26-17-11-14(10-16(22)19(17)27-13(2)3)12-18-20(24)23(21(25)28-18)15-8-6-5-7-9-15/h5-13H,4H2,1-3H3/b18-12+. The van der Waals surface area contributed by atoms with Crippen LogP contribution in [-0.2, 0) is 4.79 Å². The third kappa shape index (κ3) is 4.52. The number of rotatable bonds is 6. The van der Waals surface area contributed by atoms with Gasteiger partial charge in [0.25, 0.3) is 11.1 Å². The number of para-hydroxylation sites is 1. The molecule has 2 aromatic carbocycles. The molecule has 0 radical (unpaired) electrons. The largest absolute Gasteiger partial charge is 0.490 e. The molecule has 1 saturated heterocycles. The number of hydrogen-bond donors (Lipinski definition) is 0. The van der Waals surface area contributed by atoms with Crippen molar-refractivity contribution in [2.24, 2.45) is 0 Å². The van der Waals surface area contributed by atoms with Gasteiger partial charge in [0.1, 0.15) is 0 Å². The van der Waals surface area contributed by atoms with Crippen LogP contribution in [0.25, 0.3) is 6.08 Å². The van der Waals surface area contributed by atoms with E-state index in [2.05, 4.69) is 22.6 Å². The van der Waals surface area contributed by atoms with Crippen molar-refractivity contribution in [2.45, 2.75) is 26.9 Å². The van der Waals surface area contributed by atoms with Crippen molar-refractivity contribution in [3.8, 4) is 11.5 Å². The Morgan fingerprint density at radius 2 is 1.89 bits per heavy atom. The lowest BCUT2D eigenvalue weighted by atomic mass is 10.1. The van der Waals surface area contributed by atoms with Gasteiger partial charge in [-0.3, -0.25) is 9.59 Å². The Balaban J connectivity index is 1.95. The third-order valence-electron chi connectivity index (χ3n) is 3.79. The van der Waals surface area contributed by atoms with Crippen LogP contribution in [0.4, 0.5) is 10.5 Å². The van der Waals surface area contributed by atoms with Crippen LogP contribution in [-0.4, -0.2) is 23.9 Å². The predicted molar refractivity (Wildman–Crippen MR) is 121 cm³/mol. The topological polar surface area (TPSA) is 55.8 Å². The van der Waals surface area contributed by atoms with E-state index in [0.29, 0.717) is 28.7 Å². The van der Waals surface area contributed by atoms with Crippen LogP contribution >= 0.6 is 34.4 Å². The van der Waals surface area contributed by atoms with E-state index in [1.54, 1.807) is 30.3 Å². The Morgan fingerprint density at radius 3 is 2.54 bits per heavy atom. The highest BCUT2D eigenvalue weighted by Gasteiger charge is 2.36. The van der Waals surface area contributed by atoms with Crippen molar-refractivity contribution >= 4 is 57.3 Å². The van der Waals surface area contributed by atoms with E-state index in [1.165, 1.54) is 4.90 Å². The molecule has 0 bridgehead atoms. The minimum Gasteiger partial charge on any atom is -0.490 e. The maximum Gasteiger partial charge on any atom is 0.298 e. The van der Waals surface area contributed by atoms with Gasteiger partial charge in [0, 0.05) is 0 Å². The van der Waals surface area contributed by atoms with Crippen molar-refractivity contribution < 1.29 is 19.1 Å². The molecule has 1 aliphatic heterocycles. The Morgan fingerprint density at radius 1 is 1.18 bits per heavy atom. The number of thioether (sulfide) groups is 1. The monoisotopic (exact) mass is 509 g/mol. The van der Waals surface area contributed by atoms with Gasteiger partial charge in [0.2, 0.25) is 0 Å². The summed E-state index contributed by atoms with van der Waals surface area (Å²) in [6, 6.07) is 12.7. The number of imide groups is 1. The first kappa shape index (κ1) is 20.7. The lowest BCUT2D eigenvalue weighted by Gasteiger charge is -2.17. The number of carbonyl (C=O) groups is 2. The summed E-state index contributed by atoms with van der Waals surface area (Å²) >= 11 is 3.13. The van der Waals surface area contributed by atoms with Gasteiger partial charge >= 0.3 is 0 Å². The lowest BCUT2D eigenvalue weighted by Crippen LogP contribution is -2.27. The summed E-state index contributed by atoms with van der Waals surface area (Å²) < 4.78 is 12.5. The fraction of sp³-hybridized carbons (Fsp3) is 0.238. The number of anilines is 1. The van der Waals surface area contributed by atoms with Crippen molar-refractivity contribution in [3.05, 3.63) is 56.5 Å². The highest BCUT2D eigenvalue weighted by Crippen LogP contribution is 2.39. The number of nitrogens with zero attached hydrogens (tertiary/aromatic N) is 1. The van der Waals surface area contributed by atoms with Crippen LogP contribution in [0.3, 0.4) is 0 Å². The highest BCUT2D eigenvalue weighted by molar-refractivity contribution is 14.1. The summed E-state index contributed by atoms with van der Waals surface area (Å²) in [5, 5.41) is -0.304. The van der Waals surface area contributed by atoms with Crippen LogP contribution in [0, 0.1) is 3.57 Å². The van der Waals surface area contributed by atoms with Gasteiger partial charge in [-0.2, -0.15) is 0 Å². The van der Waals surface area contributed by atoms with Crippen molar-refractivity contribution in [1.82, 2.24) is 0 Å². The van der Waals surface area contributed by atoms with Gasteiger partial charge < -0.3 is 9.47 Å². The average molecular weight is 509 g/mol. The molecular weight excluding hydrogens is 489 g/mol. The van der Waals surface area contributed by atoms with Crippen molar-refractivity contribution in [2.75, 3.05) is 11.5 Å². The van der Waals surface area contributed by atoms with Crippen molar-refractivity contribution in [1.29, 1.82) is 0 Å². The second kappa shape index (κ2) is 9.00. The quantitative estimate of drug-likeness (QED) is 0.369. The van der Waals surface area contributed by atoms with Crippen LogP contribution < -0.4 is 14.4 Å². The summed E-state index contributed by atoms with van der Waals surface area (Å²) in [6.45, 7) is 6.32. The van der Waals surface area contributed by atoms with Gasteiger partial charge in [0.15, 0.2) is 11.5 Å². The molecule has 2 aromatic rings. The number of hydrogen-bond acceptors (Lipinski definition) is 5. The fourth-order valence-corrected chi connectivity index (χ4v) is 4.30. The molecule has 1 heterocycles. The van der Waals surface area contributed by atoms with E-state index in [0.717, 1.165) is 20.9 Å². The highest BCUT2D eigenvalue weighted by atomic mass is 127.